The van der Waals surface area contributed by atoms with Gasteiger partial charge >= 0.3 is 0 Å². The number of rotatable bonds is 4. The molecule has 1 aromatic heterocycles. The fraction of sp³-hybridized carbons (Fsp3) is 0.346. The number of carbonyl (C=O) groups excluding carboxylic acids is 2. The van der Waals surface area contributed by atoms with Crippen molar-refractivity contribution in [2.24, 2.45) is 0 Å². The van der Waals surface area contributed by atoms with Crippen LogP contribution in [0, 0.1) is 0 Å². The molecule has 9 heteroatoms. The van der Waals surface area contributed by atoms with Crippen molar-refractivity contribution < 1.29 is 22.4 Å². The second-order valence-corrected chi connectivity index (χ2v) is 11.6. The molecule has 0 aliphatic carbocycles. The summed E-state index contributed by atoms with van der Waals surface area (Å²) in [6.45, 7) is 2.44. The van der Waals surface area contributed by atoms with E-state index in [1.165, 1.54) is 4.90 Å². The van der Waals surface area contributed by atoms with Crippen molar-refractivity contribution >= 4 is 38.3 Å². The molecular weight excluding hydrogens is 468 g/mol. The van der Waals surface area contributed by atoms with Crippen LogP contribution in [0.3, 0.4) is 0 Å². The zero-order valence-corrected chi connectivity index (χ0v) is 20.0. The first-order chi connectivity index (χ1) is 16.8. The molecule has 8 nitrogen and oxygen atoms in total. The van der Waals surface area contributed by atoms with Crippen molar-refractivity contribution in [1.29, 1.82) is 0 Å². The van der Waals surface area contributed by atoms with Gasteiger partial charge in [0.25, 0.3) is 11.8 Å². The number of carbonyl (C=O) groups is 2. The van der Waals surface area contributed by atoms with Gasteiger partial charge in [0.15, 0.2) is 20.8 Å². The number of benzene rings is 2. The van der Waals surface area contributed by atoms with Crippen LogP contribution in [0.2, 0.25) is 0 Å². The number of hydrogen-bond donors (Lipinski definition) is 0. The number of hydrogen-bond acceptors (Lipinski definition) is 6. The van der Waals surface area contributed by atoms with Gasteiger partial charge in [-0.05, 0) is 31.0 Å². The molecule has 35 heavy (non-hydrogen) atoms. The van der Waals surface area contributed by atoms with Gasteiger partial charge in [0.2, 0.25) is 5.76 Å². The van der Waals surface area contributed by atoms with Gasteiger partial charge in [0.05, 0.1) is 28.1 Å². The topological polar surface area (TPSA) is 105 Å². The third-order valence-corrected chi connectivity index (χ3v) is 9.13. The van der Waals surface area contributed by atoms with Gasteiger partial charge in [-0.25, -0.2) is 8.42 Å². The van der Waals surface area contributed by atoms with Crippen LogP contribution in [0.25, 0.3) is 11.0 Å². The third-order valence-electron chi connectivity index (χ3n) is 7.38. The fourth-order valence-corrected chi connectivity index (χ4v) is 7.57. The van der Waals surface area contributed by atoms with Crippen molar-refractivity contribution in [3.05, 3.63) is 75.6 Å². The van der Waals surface area contributed by atoms with Crippen LogP contribution in [-0.4, -0.2) is 49.2 Å². The molecule has 0 bridgehead atoms. The minimum Gasteiger partial charge on any atom is -0.450 e. The van der Waals surface area contributed by atoms with Crippen molar-refractivity contribution in [2.75, 3.05) is 23.0 Å². The molecule has 3 aliphatic heterocycles. The van der Waals surface area contributed by atoms with Crippen LogP contribution >= 0.6 is 0 Å². The molecule has 2 aromatic carbocycles. The molecule has 3 aromatic rings. The Morgan fingerprint density at radius 3 is 2.54 bits per heavy atom. The number of anilines is 1. The third kappa shape index (κ3) is 2.84. The minimum atomic E-state index is -3.39. The minimum absolute atomic E-state index is 0.0121. The summed E-state index contributed by atoms with van der Waals surface area (Å²) in [5, 5.41) is 0.275. The van der Waals surface area contributed by atoms with Crippen LogP contribution in [0.5, 0.6) is 0 Å². The Morgan fingerprint density at radius 2 is 1.80 bits per heavy atom. The highest BCUT2D eigenvalue weighted by atomic mass is 32.2. The van der Waals surface area contributed by atoms with Crippen LogP contribution in [0.4, 0.5) is 5.69 Å². The van der Waals surface area contributed by atoms with E-state index in [1.54, 1.807) is 41.3 Å². The molecule has 180 valence electrons. The molecule has 3 aliphatic rings. The lowest BCUT2D eigenvalue weighted by atomic mass is 9.83. The zero-order valence-electron chi connectivity index (χ0n) is 19.2. The van der Waals surface area contributed by atoms with Crippen molar-refractivity contribution in [3.8, 4) is 0 Å². The molecule has 2 amide bonds. The molecule has 6 rings (SSSR count). The summed E-state index contributed by atoms with van der Waals surface area (Å²) in [6.07, 6.45) is 1.79. The largest absolute Gasteiger partial charge is 0.450 e. The fourth-order valence-electron chi connectivity index (χ4n) is 5.87. The smallest absolute Gasteiger partial charge is 0.291 e. The van der Waals surface area contributed by atoms with Gasteiger partial charge in [-0.1, -0.05) is 43.7 Å². The highest BCUT2D eigenvalue weighted by molar-refractivity contribution is 7.91. The first-order valence-corrected chi connectivity index (χ1v) is 13.6. The highest BCUT2D eigenvalue weighted by Gasteiger charge is 2.66. The Balaban J connectivity index is 1.70. The van der Waals surface area contributed by atoms with Crippen LogP contribution in [-0.2, 0) is 20.2 Å². The molecule has 0 N–H and O–H groups in total. The van der Waals surface area contributed by atoms with Crippen molar-refractivity contribution in [1.82, 2.24) is 4.90 Å². The summed E-state index contributed by atoms with van der Waals surface area (Å²) in [7, 11) is -3.39. The molecule has 0 unspecified atom stereocenters. The lowest BCUT2D eigenvalue weighted by molar-refractivity contribution is -0.126. The summed E-state index contributed by atoms with van der Waals surface area (Å²) >= 11 is 0. The number of fused-ring (bicyclic) bond motifs is 5. The Labute approximate surface area is 202 Å². The summed E-state index contributed by atoms with van der Waals surface area (Å²) in [6, 6.07) is 13.0. The first kappa shape index (κ1) is 22.0. The predicted octanol–water partition coefficient (Wildman–Crippen LogP) is 2.83. The number of unbranched alkanes of at least 4 members (excludes halogenated alkanes) is 1. The van der Waals surface area contributed by atoms with E-state index in [4.69, 9.17) is 4.42 Å². The average Bonchev–Trinajstić information content (AvgIpc) is 3.42. The number of amides is 2. The van der Waals surface area contributed by atoms with E-state index in [-0.39, 0.29) is 40.2 Å². The maximum absolute atomic E-state index is 14.4. The van der Waals surface area contributed by atoms with Gasteiger partial charge in [-0.3, -0.25) is 14.4 Å². The molecule has 1 fully saturated rings. The summed E-state index contributed by atoms with van der Waals surface area (Å²) in [5.41, 5.74) is -0.820. The molecule has 4 heterocycles. The number of sulfone groups is 1. The summed E-state index contributed by atoms with van der Waals surface area (Å²) in [5.74, 6) is -1.55. The van der Waals surface area contributed by atoms with E-state index in [0.29, 0.717) is 17.8 Å². The van der Waals surface area contributed by atoms with E-state index >= 15 is 0 Å². The van der Waals surface area contributed by atoms with E-state index in [1.807, 2.05) is 19.1 Å². The molecule has 0 saturated carbocycles. The predicted molar refractivity (Wildman–Crippen MR) is 130 cm³/mol. The molecule has 2 atom stereocenters. The number of para-hydroxylation sites is 2. The van der Waals surface area contributed by atoms with E-state index in [9.17, 15) is 22.8 Å². The lowest BCUT2D eigenvalue weighted by Gasteiger charge is -2.37. The molecular formula is C26H24N2O6S. The molecule has 1 saturated heterocycles. The average molecular weight is 493 g/mol. The van der Waals surface area contributed by atoms with Crippen molar-refractivity contribution in [3.63, 3.8) is 0 Å². The van der Waals surface area contributed by atoms with Gasteiger partial charge in [-0.2, -0.15) is 0 Å². The first-order valence-electron chi connectivity index (χ1n) is 11.8. The van der Waals surface area contributed by atoms with E-state index < -0.39 is 38.7 Å². The summed E-state index contributed by atoms with van der Waals surface area (Å²) in [4.78, 5) is 45.3. The van der Waals surface area contributed by atoms with Crippen LogP contribution in [0.15, 0.2) is 57.7 Å². The normalized spacial score (nSPS) is 24.5. The van der Waals surface area contributed by atoms with Crippen LogP contribution in [0.1, 0.15) is 47.9 Å². The highest BCUT2D eigenvalue weighted by Crippen LogP contribution is 2.54. The molecule has 0 radical (unpaired) electrons. The van der Waals surface area contributed by atoms with Gasteiger partial charge in [-0.15, -0.1) is 0 Å². The maximum atomic E-state index is 14.4. The SMILES string of the molecule is CCCCN1C(=O)[C@@]2(c3ccccc31)c1c(oc3ccccc3c1=O)C(=O)N2[C@H]1CCS(=O)(=O)C1. The maximum Gasteiger partial charge on any atom is 0.291 e. The lowest BCUT2D eigenvalue weighted by Crippen LogP contribution is -2.57. The van der Waals surface area contributed by atoms with Gasteiger partial charge in [0.1, 0.15) is 5.58 Å². The van der Waals surface area contributed by atoms with Gasteiger partial charge in [0, 0.05) is 18.2 Å². The van der Waals surface area contributed by atoms with Crippen LogP contribution < -0.4 is 10.3 Å². The Bertz CT molecular complexity index is 1580. The Kier molecular flexibility index (Phi) is 4.73. The summed E-state index contributed by atoms with van der Waals surface area (Å²) < 4.78 is 30.9. The number of nitrogens with zero attached hydrogens (tertiary/aromatic N) is 2. The second-order valence-electron chi connectivity index (χ2n) is 9.40. The monoisotopic (exact) mass is 492 g/mol. The Morgan fingerprint density at radius 1 is 1.06 bits per heavy atom. The zero-order chi connectivity index (χ0) is 24.5. The van der Waals surface area contributed by atoms with E-state index in [0.717, 1.165) is 12.8 Å². The molecule has 1 spiro atoms. The quantitative estimate of drug-likeness (QED) is 0.555. The standard InChI is InChI=1S/C26H24N2O6S/c1-2-3-13-27-19-10-6-5-9-18(19)26(25(27)31)21-22(29)17-8-4-7-11-20(17)34-23(21)24(30)28(26)16-12-14-35(32,33)15-16/h4-11,16H,2-3,12-15H2,1H3/t16-,26+/m0/s1. The Hall–Kier alpha value is -3.46. The van der Waals surface area contributed by atoms with Crippen molar-refractivity contribution in [2.45, 2.75) is 37.8 Å². The second kappa shape index (κ2) is 7.52. The van der Waals surface area contributed by atoms with E-state index in [2.05, 4.69) is 0 Å². The van der Waals surface area contributed by atoms with Gasteiger partial charge < -0.3 is 14.2 Å².